The number of aromatic nitrogens is 1. The number of amides is 1. The number of hydrogen-bond acceptors (Lipinski definition) is 2. The fourth-order valence-electron chi connectivity index (χ4n) is 0.808. The van der Waals surface area contributed by atoms with E-state index in [1.54, 1.807) is 6.07 Å². The lowest BCUT2D eigenvalue weighted by atomic mass is 10.3. The maximum atomic E-state index is 11.3. The van der Waals surface area contributed by atoms with E-state index >= 15 is 0 Å². The highest BCUT2D eigenvalue weighted by molar-refractivity contribution is 9.10. The monoisotopic (exact) mass is 262 g/mol. The van der Waals surface area contributed by atoms with Gasteiger partial charge in [0.25, 0.3) is 5.91 Å². The number of pyridine rings is 1. The molecule has 0 aliphatic carbocycles. The third-order valence-corrected chi connectivity index (χ3v) is 2.53. The summed E-state index contributed by atoms with van der Waals surface area (Å²) in [5, 5.41) is 3.02. The standard InChI is InChI=1S/C8H8BrClN2O/c1-2-11-8(13)5-3-6(9)7(10)12-4-5/h3-4H,2H2,1H3,(H,11,13). The molecule has 0 spiro atoms. The van der Waals surface area contributed by atoms with Gasteiger partial charge in [0.2, 0.25) is 0 Å². The number of halogens is 2. The van der Waals surface area contributed by atoms with Crippen LogP contribution < -0.4 is 5.32 Å². The first kappa shape index (κ1) is 10.5. The number of carbonyl (C=O) groups excluding carboxylic acids is 1. The second kappa shape index (κ2) is 4.58. The molecule has 0 aliphatic heterocycles. The number of nitrogens with one attached hydrogen (secondary N) is 1. The molecule has 0 saturated carbocycles. The largest absolute Gasteiger partial charge is 0.352 e. The molecule has 1 aromatic rings. The molecule has 1 N–H and O–H groups in total. The van der Waals surface area contributed by atoms with Gasteiger partial charge < -0.3 is 5.32 Å². The average molecular weight is 264 g/mol. The fraction of sp³-hybridized carbons (Fsp3) is 0.250. The van der Waals surface area contributed by atoms with E-state index in [9.17, 15) is 4.79 Å². The van der Waals surface area contributed by atoms with Gasteiger partial charge in [0.05, 0.1) is 10.0 Å². The second-order valence-corrected chi connectivity index (χ2v) is 3.57. The fourth-order valence-corrected chi connectivity index (χ4v) is 1.26. The zero-order chi connectivity index (χ0) is 9.84. The van der Waals surface area contributed by atoms with E-state index in [4.69, 9.17) is 11.6 Å². The molecular weight excluding hydrogens is 255 g/mol. The van der Waals surface area contributed by atoms with Crippen LogP contribution in [0.2, 0.25) is 5.15 Å². The molecule has 1 amide bonds. The van der Waals surface area contributed by atoms with Crippen LogP contribution in [0.3, 0.4) is 0 Å². The Balaban J connectivity index is 2.90. The molecule has 5 heteroatoms. The molecule has 0 unspecified atom stereocenters. The van der Waals surface area contributed by atoms with Gasteiger partial charge in [-0.2, -0.15) is 0 Å². The smallest absolute Gasteiger partial charge is 0.252 e. The quantitative estimate of drug-likeness (QED) is 0.832. The van der Waals surface area contributed by atoms with Gasteiger partial charge in [-0.05, 0) is 28.9 Å². The topological polar surface area (TPSA) is 42.0 Å². The van der Waals surface area contributed by atoms with Crippen molar-refractivity contribution in [1.29, 1.82) is 0 Å². The SMILES string of the molecule is CCNC(=O)c1cnc(Cl)c(Br)c1. The molecule has 0 aliphatic rings. The summed E-state index contributed by atoms with van der Waals surface area (Å²) < 4.78 is 0.623. The number of carbonyl (C=O) groups is 1. The van der Waals surface area contributed by atoms with Crippen molar-refractivity contribution in [2.75, 3.05) is 6.54 Å². The molecule has 0 aromatic carbocycles. The Bertz CT molecular complexity index is 330. The van der Waals surface area contributed by atoms with E-state index < -0.39 is 0 Å². The van der Waals surface area contributed by atoms with E-state index in [2.05, 4.69) is 26.2 Å². The minimum Gasteiger partial charge on any atom is -0.352 e. The summed E-state index contributed by atoms with van der Waals surface area (Å²) in [4.78, 5) is 15.1. The van der Waals surface area contributed by atoms with Crippen molar-refractivity contribution in [3.05, 3.63) is 27.5 Å². The summed E-state index contributed by atoms with van der Waals surface area (Å²) in [6, 6.07) is 1.64. The number of nitrogens with zero attached hydrogens (tertiary/aromatic N) is 1. The molecule has 1 rings (SSSR count). The van der Waals surface area contributed by atoms with Crippen LogP contribution in [0.1, 0.15) is 17.3 Å². The lowest BCUT2D eigenvalue weighted by molar-refractivity contribution is 0.0955. The summed E-state index contributed by atoms with van der Waals surface area (Å²) in [5.74, 6) is -0.146. The lowest BCUT2D eigenvalue weighted by Crippen LogP contribution is -2.22. The maximum Gasteiger partial charge on any atom is 0.252 e. The molecule has 70 valence electrons. The second-order valence-electron chi connectivity index (χ2n) is 2.36. The zero-order valence-electron chi connectivity index (χ0n) is 6.97. The Labute approximate surface area is 89.6 Å². The van der Waals surface area contributed by atoms with Crippen molar-refractivity contribution in [1.82, 2.24) is 10.3 Å². The van der Waals surface area contributed by atoms with Crippen molar-refractivity contribution < 1.29 is 4.79 Å². The number of rotatable bonds is 2. The molecule has 0 radical (unpaired) electrons. The molecule has 13 heavy (non-hydrogen) atoms. The Morgan fingerprint density at radius 1 is 1.77 bits per heavy atom. The van der Waals surface area contributed by atoms with Crippen LogP contribution in [0.25, 0.3) is 0 Å². The van der Waals surface area contributed by atoms with Gasteiger partial charge in [0.15, 0.2) is 0 Å². The van der Waals surface area contributed by atoms with Gasteiger partial charge in [0.1, 0.15) is 5.15 Å². The third-order valence-electron chi connectivity index (χ3n) is 1.40. The van der Waals surface area contributed by atoms with Gasteiger partial charge in [-0.3, -0.25) is 4.79 Å². The molecular formula is C8H8BrClN2O. The van der Waals surface area contributed by atoms with E-state index in [1.165, 1.54) is 6.20 Å². The van der Waals surface area contributed by atoms with Crippen molar-refractivity contribution in [2.24, 2.45) is 0 Å². The summed E-state index contributed by atoms with van der Waals surface area (Å²) in [5.41, 5.74) is 0.498. The van der Waals surface area contributed by atoms with Crippen LogP contribution in [0.15, 0.2) is 16.7 Å². The van der Waals surface area contributed by atoms with Gasteiger partial charge >= 0.3 is 0 Å². The Hall–Kier alpha value is -0.610. The first-order chi connectivity index (χ1) is 6.15. The van der Waals surface area contributed by atoms with Crippen LogP contribution >= 0.6 is 27.5 Å². The van der Waals surface area contributed by atoms with Gasteiger partial charge in [-0.25, -0.2) is 4.98 Å². The summed E-state index contributed by atoms with van der Waals surface area (Å²) >= 11 is 8.86. The highest BCUT2D eigenvalue weighted by Gasteiger charge is 2.06. The molecule has 1 aromatic heterocycles. The third kappa shape index (κ3) is 2.67. The predicted octanol–water partition coefficient (Wildman–Crippen LogP) is 2.25. The first-order valence-corrected chi connectivity index (χ1v) is 4.91. The van der Waals surface area contributed by atoms with Crippen molar-refractivity contribution >= 4 is 33.4 Å². The molecule has 1 heterocycles. The Morgan fingerprint density at radius 2 is 2.46 bits per heavy atom. The van der Waals surface area contributed by atoms with Gasteiger partial charge in [-0.1, -0.05) is 11.6 Å². The minimum atomic E-state index is -0.146. The van der Waals surface area contributed by atoms with Crippen LogP contribution in [-0.2, 0) is 0 Å². The normalized spacial score (nSPS) is 9.77. The molecule has 3 nitrogen and oxygen atoms in total. The highest BCUT2D eigenvalue weighted by Crippen LogP contribution is 2.20. The van der Waals surface area contributed by atoms with E-state index in [0.717, 1.165) is 0 Å². The summed E-state index contributed by atoms with van der Waals surface area (Å²) in [6.45, 7) is 2.45. The lowest BCUT2D eigenvalue weighted by Gasteiger charge is -2.02. The van der Waals surface area contributed by atoms with E-state index in [1.807, 2.05) is 6.92 Å². The van der Waals surface area contributed by atoms with Gasteiger partial charge in [-0.15, -0.1) is 0 Å². The molecule has 0 atom stereocenters. The summed E-state index contributed by atoms with van der Waals surface area (Å²) in [6.07, 6.45) is 1.44. The molecule has 0 bridgehead atoms. The van der Waals surface area contributed by atoms with Crippen molar-refractivity contribution in [3.63, 3.8) is 0 Å². The van der Waals surface area contributed by atoms with Crippen LogP contribution in [-0.4, -0.2) is 17.4 Å². The Kier molecular flexibility index (Phi) is 3.69. The summed E-state index contributed by atoms with van der Waals surface area (Å²) in [7, 11) is 0. The highest BCUT2D eigenvalue weighted by atomic mass is 79.9. The van der Waals surface area contributed by atoms with E-state index in [-0.39, 0.29) is 5.91 Å². The number of hydrogen-bond donors (Lipinski definition) is 1. The minimum absolute atomic E-state index is 0.146. The Morgan fingerprint density at radius 3 is 3.00 bits per heavy atom. The van der Waals surface area contributed by atoms with Crippen LogP contribution in [0.4, 0.5) is 0 Å². The first-order valence-electron chi connectivity index (χ1n) is 3.74. The zero-order valence-corrected chi connectivity index (χ0v) is 9.32. The van der Waals surface area contributed by atoms with Gasteiger partial charge in [0, 0.05) is 12.7 Å². The van der Waals surface area contributed by atoms with Crippen LogP contribution in [0, 0.1) is 0 Å². The predicted molar refractivity (Wildman–Crippen MR) is 55.0 cm³/mol. The average Bonchev–Trinajstić information content (AvgIpc) is 2.10. The maximum absolute atomic E-state index is 11.3. The van der Waals surface area contributed by atoms with Crippen LogP contribution in [0.5, 0.6) is 0 Å². The van der Waals surface area contributed by atoms with E-state index in [0.29, 0.717) is 21.7 Å². The molecule has 0 saturated heterocycles. The molecule has 0 fully saturated rings. The van der Waals surface area contributed by atoms with Crippen molar-refractivity contribution in [3.8, 4) is 0 Å². The van der Waals surface area contributed by atoms with Crippen molar-refractivity contribution in [2.45, 2.75) is 6.92 Å².